The van der Waals surface area contributed by atoms with Crippen LogP contribution in [0.5, 0.6) is 0 Å². The molecule has 1 aliphatic rings. The molecule has 0 bridgehead atoms. The highest BCUT2D eigenvalue weighted by Gasteiger charge is 2.28. The summed E-state index contributed by atoms with van der Waals surface area (Å²) in [7, 11) is 1.78. The third-order valence-electron chi connectivity index (χ3n) is 4.23. The fourth-order valence-electron chi connectivity index (χ4n) is 3.05. The molecule has 4 nitrogen and oxygen atoms in total. The van der Waals surface area contributed by atoms with E-state index in [2.05, 4.69) is 17.0 Å². The average molecular weight is 311 g/mol. The highest BCUT2D eigenvalue weighted by molar-refractivity contribution is 5.85. The van der Waals surface area contributed by atoms with Crippen molar-refractivity contribution in [3.63, 3.8) is 0 Å². The molecule has 5 heteroatoms. The number of fused-ring (bicyclic) bond motifs is 1. The Bertz CT molecular complexity index is 539. The highest BCUT2D eigenvalue weighted by Crippen LogP contribution is 2.24. The van der Waals surface area contributed by atoms with Gasteiger partial charge in [-0.15, -0.1) is 12.4 Å². The molecule has 1 fully saturated rings. The lowest BCUT2D eigenvalue weighted by molar-refractivity contribution is 0.00813. The molecule has 1 saturated heterocycles. The van der Waals surface area contributed by atoms with Gasteiger partial charge in [0.05, 0.1) is 12.6 Å². The predicted octanol–water partition coefficient (Wildman–Crippen LogP) is 2.79. The second kappa shape index (κ2) is 7.27. The molecule has 3 rings (SSSR count). The molecule has 2 atom stereocenters. The van der Waals surface area contributed by atoms with Crippen molar-refractivity contribution in [3.8, 4) is 0 Å². The van der Waals surface area contributed by atoms with Gasteiger partial charge in [0, 0.05) is 31.6 Å². The fourth-order valence-corrected chi connectivity index (χ4v) is 3.05. The molecule has 1 aliphatic heterocycles. The zero-order valence-electron chi connectivity index (χ0n) is 12.3. The van der Waals surface area contributed by atoms with Crippen LogP contribution in [0.2, 0.25) is 0 Å². The number of benzene rings is 1. The van der Waals surface area contributed by atoms with Gasteiger partial charge in [-0.3, -0.25) is 4.90 Å². The standard InChI is InChI=1S/C16H22N2O2.ClH/c1-19-14-6-7-18(13(9-14)10-17)11-15-8-12-4-2-3-5-16(12)20-15;/h2-5,8,13-14H,6-7,9-11,17H2,1H3;1H. The largest absolute Gasteiger partial charge is 0.460 e. The lowest BCUT2D eigenvalue weighted by atomic mass is 9.99. The number of hydrogen-bond acceptors (Lipinski definition) is 4. The number of piperidine rings is 1. The third-order valence-corrected chi connectivity index (χ3v) is 4.23. The van der Waals surface area contributed by atoms with E-state index < -0.39 is 0 Å². The molecular formula is C16H23ClN2O2. The van der Waals surface area contributed by atoms with Gasteiger partial charge in [0.2, 0.25) is 0 Å². The highest BCUT2D eigenvalue weighted by atomic mass is 35.5. The van der Waals surface area contributed by atoms with Crippen LogP contribution in [-0.2, 0) is 11.3 Å². The molecule has 116 valence electrons. The van der Waals surface area contributed by atoms with Crippen LogP contribution in [-0.4, -0.2) is 37.2 Å². The van der Waals surface area contributed by atoms with E-state index in [0.717, 1.165) is 37.3 Å². The Morgan fingerprint density at radius 3 is 2.90 bits per heavy atom. The first kappa shape index (κ1) is 16.3. The number of halogens is 1. The van der Waals surface area contributed by atoms with Crippen molar-refractivity contribution in [3.05, 3.63) is 36.1 Å². The molecule has 2 aromatic rings. The van der Waals surface area contributed by atoms with Crippen LogP contribution in [0.4, 0.5) is 0 Å². The molecule has 21 heavy (non-hydrogen) atoms. The Morgan fingerprint density at radius 1 is 1.38 bits per heavy atom. The molecule has 1 aromatic carbocycles. The average Bonchev–Trinajstić information content (AvgIpc) is 2.90. The minimum atomic E-state index is 0. The molecule has 2 N–H and O–H groups in total. The molecule has 0 spiro atoms. The summed E-state index contributed by atoms with van der Waals surface area (Å²) in [5.74, 6) is 1.01. The molecule has 0 radical (unpaired) electrons. The molecule has 0 aliphatic carbocycles. The molecule has 2 unspecified atom stereocenters. The van der Waals surface area contributed by atoms with Gasteiger partial charge in [0.1, 0.15) is 11.3 Å². The first-order chi connectivity index (χ1) is 9.80. The number of likely N-dealkylation sites (tertiary alicyclic amines) is 1. The van der Waals surface area contributed by atoms with Crippen molar-refractivity contribution in [2.75, 3.05) is 20.2 Å². The number of nitrogens with two attached hydrogens (primary N) is 1. The monoisotopic (exact) mass is 310 g/mol. The van der Waals surface area contributed by atoms with Crippen LogP contribution in [0, 0.1) is 0 Å². The van der Waals surface area contributed by atoms with Crippen molar-refractivity contribution in [1.82, 2.24) is 4.90 Å². The van der Waals surface area contributed by atoms with E-state index in [9.17, 15) is 0 Å². The van der Waals surface area contributed by atoms with Crippen molar-refractivity contribution < 1.29 is 9.15 Å². The smallest absolute Gasteiger partial charge is 0.134 e. The molecule has 0 amide bonds. The first-order valence-electron chi connectivity index (χ1n) is 7.24. The normalized spacial score (nSPS) is 23.1. The summed E-state index contributed by atoms with van der Waals surface area (Å²) in [6.07, 6.45) is 2.41. The van der Waals surface area contributed by atoms with E-state index >= 15 is 0 Å². The number of hydrogen-bond donors (Lipinski definition) is 1. The van der Waals surface area contributed by atoms with Gasteiger partial charge in [0.15, 0.2) is 0 Å². The summed E-state index contributed by atoms with van der Waals surface area (Å²) in [6, 6.07) is 10.6. The van der Waals surface area contributed by atoms with E-state index in [-0.39, 0.29) is 12.4 Å². The Hall–Kier alpha value is -1.07. The van der Waals surface area contributed by atoms with Crippen molar-refractivity contribution in [2.45, 2.75) is 31.5 Å². The quantitative estimate of drug-likeness (QED) is 0.943. The van der Waals surface area contributed by atoms with E-state index in [4.69, 9.17) is 14.9 Å². The predicted molar refractivity (Wildman–Crippen MR) is 86.7 cm³/mol. The zero-order valence-corrected chi connectivity index (χ0v) is 13.1. The minimum Gasteiger partial charge on any atom is -0.460 e. The Morgan fingerprint density at radius 2 is 2.19 bits per heavy atom. The summed E-state index contributed by atoms with van der Waals surface area (Å²) in [4.78, 5) is 2.41. The Kier molecular flexibility index (Phi) is 5.65. The number of para-hydroxylation sites is 1. The maximum atomic E-state index is 5.91. The van der Waals surface area contributed by atoms with E-state index in [1.807, 2.05) is 18.2 Å². The second-order valence-corrected chi connectivity index (χ2v) is 5.49. The Labute approximate surface area is 131 Å². The van der Waals surface area contributed by atoms with Crippen LogP contribution >= 0.6 is 12.4 Å². The van der Waals surface area contributed by atoms with E-state index in [1.54, 1.807) is 7.11 Å². The van der Waals surface area contributed by atoms with E-state index in [0.29, 0.717) is 18.7 Å². The minimum absolute atomic E-state index is 0. The van der Waals surface area contributed by atoms with Crippen molar-refractivity contribution in [1.29, 1.82) is 0 Å². The lowest BCUT2D eigenvalue weighted by Gasteiger charge is -2.37. The third kappa shape index (κ3) is 3.58. The number of furan rings is 1. The summed E-state index contributed by atoms with van der Waals surface area (Å²) >= 11 is 0. The van der Waals surface area contributed by atoms with Gasteiger partial charge in [-0.05, 0) is 25.0 Å². The van der Waals surface area contributed by atoms with Gasteiger partial charge in [-0.1, -0.05) is 18.2 Å². The number of ether oxygens (including phenoxy) is 1. The summed E-state index contributed by atoms with van der Waals surface area (Å²) in [5, 5.41) is 1.17. The van der Waals surface area contributed by atoms with Crippen molar-refractivity contribution >= 4 is 23.4 Å². The SMILES string of the molecule is COC1CCN(Cc2cc3ccccc3o2)C(CN)C1.Cl. The lowest BCUT2D eigenvalue weighted by Crippen LogP contribution is -2.47. The molecule has 0 saturated carbocycles. The maximum absolute atomic E-state index is 5.91. The fraction of sp³-hybridized carbons (Fsp3) is 0.500. The zero-order chi connectivity index (χ0) is 13.9. The van der Waals surface area contributed by atoms with Crippen LogP contribution < -0.4 is 5.73 Å². The van der Waals surface area contributed by atoms with Crippen LogP contribution in [0.1, 0.15) is 18.6 Å². The summed E-state index contributed by atoms with van der Waals surface area (Å²) < 4.78 is 11.4. The summed E-state index contributed by atoms with van der Waals surface area (Å²) in [6.45, 7) is 2.50. The molecule has 1 aromatic heterocycles. The van der Waals surface area contributed by atoms with Gasteiger partial charge >= 0.3 is 0 Å². The first-order valence-corrected chi connectivity index (χ1v) is 7.24. The number of rotatable bonds is 4. The van der Waals surface area contributed by atoms with Gasteiger partial charge < -0.3 is 14.9 Å². The van der Waals surface area contributed by atoms with Crippen LogP contribution in [0.25, 0.3) is 11.0 Å². The van der Waals surface area contributed by atoms with Gasteiger partial charge in [-0.2, -0.15) is 0 Å². The molecular weight excluding hydrogens is 288 g/mol. The Balaban J connectivity index is 0.00000161. The maximum Gasteiger partial charge on any atom is 0.134 e. The van der Waals surface area contributed by atoms with E-state index in [1.165, 1.54) is 5.39 Å². The molecule has 2 heterocycles. The van der Waals surface area contributed by atoms with Crippen molar-refractivity contribution in [2.24, 2.45) is 5.73 Å². The topological polar surface area (TPSA) is 51.6 Å². The van der Waals surface area contributed by atoms with Gasteiger partial charge in [0.25, 0.3) is 0 Å². The van der Waals surface area contributed by atoms with Crippen LogP contribution in [0.15, 0.2) is 34.7 Å². The van der Waals surface area contributed by atoms with Crippen LogP contribution in [0.3, 0.4) is 0 Å². The second-order valence-electron chi connectivity index (χ2n) is 5.49. The summed E-state index contributed by atoms with van der Waals surface area (Å²) in [5.41, 5.74) is 6.87. The number of nitrogens with zero attached hydrogens (tertiary/aromatic N) is 1. The number of methoxy groups -OCH3 is 1. The van der Waals surface area contributed by atoms with Gasteiger partial charge in [-0.25, -0.2) is 0 Å².